The van der Waals surface area contributed by atoms with Crippen molar-refractivity contribution in [2.24, 2.45) is 0 Å². The summed E-state index contributed by atoms with van der Waals surface area (Å²) in [5.41, 5.74) is 0.425. The maximum Gasteiger partial charge on any atom is 0.338 e. The number of fused-ring (bicyclic) bond motifs is 1. The number of rotatable bonds is 8. The van der Waals surface area contributed by atoms with E-state index in [4.69, 9.17) is 4.74 Å². The zero-order chi connectivity index (χ0) is 25.1. The number of imide groups is 1. The normalized spacial score (nSPS) is 12.4. The molecule has 0 atom stereocenters. The maximum atomic E-state index is 13.1. The van der Waals surface area contributed by atoms with Crippen LogP contribution in [0.4, 0.5) is 5.69 Å². The second-order valence-electron chi connectivity index (χ2n) is 7.46. The van der Waals surface area contributed by atoms with Crippen LogP contribution in [-0.4, -0.2) is 52.8 Å². The molecule has 0 saturated carbocycles. The van der Waals surface area contributed by atoms with Gasteiger partial charge in [-0.15, -0.1) is 11.8 Å². The van der Waals surface area contributed by atoms with Gasteiger partial charge in [0.25, 0.3) is 17.5 Å². The number of nitrogens with zero attached hydrogens (tertiary/aromatic N) is 2. The Labute approximate surface area is 203 Å². The minimum atomic E-state index is -0.819. The topological polar surface area (TPSA) is 124 Å². The van der Waals surface area contributed by atoms with E-state index in [1.54, 1.807) is 42.7 Å². The van der Waals surface area contributed by atoms with Gasteiger partial charge in [-0.05, 0) is 36.6 Å². The Morgan fingerprint density at radius 2 is 1.54 bits per heavy atom. The Bertz CT molecular complexity index is 1350. The van der Waals surface area contributed by atoms with E-state index >= 15 is 0 Å². The smallest absolute Gasteiger partial charge is 0.338 e. The zero-order valence-electron chi connectivity index (χ0n) is 18.4. The summed E-state index contributed by atoms with van der Waals surface area (Å²) >= 11 is 1.18. The highest BCUT2D eigenvalue weighted by molar-refractivity contribution is 7.98. The fraction of sp³-hybridized carbons (Fsp3) is 0.120. The SMILES string of the molecule is CSc1ccc(C(=O)c2ccccc2C(=O)OCCN2C(=O)c3ccccc3C2=O)cc1[N+](=O)[O-]. The number of hydrogen-bond acceptors (Lipinski definition) is 8. The minimum Gasteiger partial charge on any atom is -0.460 e. The van der Waals surface area contributed by atoms with E-state index in [1.165, 1.54) is 42.1 Å². The Morgan fingerprint density at radius 3 is 2.14 bits per heavy atom. The number of carbonyl (C=O) groups is 4. The van der Waals surface area contributed by atoms with E-state index in [-0.39, 0.29) is 35.5 Å². The van der Waals surface area contributed by atoms with Crippen molar-refractivity contribution in [2.45, 2.75) is 4.90 Å². The molecule has 0 bridgehead atoms. The number of esters is 1. The highest BCUT2D eigenvalue weighted by Crippen LogP contribution is 2.29. The molecule has 35 heavy (non-hydrogen) atoms. The van der Waals surface area contributed by atoms with Gasteiger partial charge in [0, 0.05) is 17.2 Å². The lowest BCUT2D eigenvalue weighted by Gasteiger charge is -2.14. The molecule has 3 aromatic rings. The molecule has 0 fully saturated rings. The van der Waals surface area contributed by atoms with Crippen molar-refractivity contribution in [3.63, 3.8) is 0 Å². The molecule has 0 spiro atoms. The van der Waals surface area contributed by atoms with Gasteiger partial charge in [0.1, 0.15) is 6.61 Å². The second kappa shape index (κ2) is 9.90. The summed E-state index contributed by atoms with van der Waals surface area (Å²) < 4.78 is 5.26. The summed E-state index contributed by atoms with van der Waals surface area (Å²) in [7, 11) is 0. The summed E-state index contributed by atoms with van der Waals surface area (Å²) in [4.78, 5) is 63.0. The van der Waals surface area contributed by atoms with Crippen molar-refractivity contribution in [1.29, 1.82) is 0 Å². The highest BCUT2D eigenvalue weighted by Gasteiger charge is 2.35. The van der Waals surface area contributed by atoms with Crippen LogP contribution in [0, 0.1) is 10.1 Å². The number of thioether (sulfide) groups is 1. The molecular formula is C25H18N2O7S. The zero-order valence-corrected chi connectivity index (χ0v) is 19.2. The third-order valence-corrected chi connectivity index (χ3v) is 6.24. The van der Waals surface area contributed by atoms with Crippen molar-refractivity contribution in [2.75, 3.05) is 19.4 Å². The molecule has 1 heterocycles. The number of ether oxygens (including phenoxy) is 1. The number of benzene rings is 3. The highest BCUT2D eigenvalue weighted by atomic mass is 32.2. The molecule has 10 heteroatoms. The first-order valence-electron chi connectivity index (χ1n) is 10.4. The number of amides is 2. The average Bonchev–Trinajstić information content (AvgIpc) is 3.12. The van der Waals surface area contributed by atoms with Crippen molar-refractivity contribution in [1.82, 2.24) is 4.90 Å². The molecule has 2 amide bonds. The predicted molar refractivity (Wildman–Crippen MR) is 127 cm³/mol. The van der Waals surface area contributed by atoms with E-state index in [0.29, 0.717) is 16.0 Å². The van der Waals surface area contributed by atoms with Gasteiger partial charge < -0.3 is 4.74 Å². The number of nitro groups is 1. The van der Waals surface area contributed by atoms with Crippen LogP contribution in [0.1, 0.15) is 47.0 Å². The summed E-state index contributed by atoms with van der Waals surface area (Å²) in [5, 5.41) is 11.4. The van der Waals surface area contributed by atoms with Gasteiger partial charge in [-0.2, -0.15) is 0 Å². The molecular weight excluding hydrogens is 472 g/mol. The molecule has 1 aliphatic heterocycles. The summed E-state index contributed by atoms with van der Waals surface area (Å²) in [5.74, 6) is -2.32. The molecule has 9 nitrogen and oxygen atoms in total. The monoisotopic (exact) mass is 490 g/mol. The predicted octanol–water partition coefficient (Wildman–Crippen LogP) is 4.00. The van der Waals surface area contributed by atoms with Crippen molar-refractivity contribution in [3.05, 3.63) is 105 Å². The van der Waals surface area contributed by atoms with E-state index in [1.807, 2.05) is 0 Å². The van der Waals surface area contributed by atoms with Crippen LogP contribution >= 0.6 is 11.8 Å². The molecule has 0 radical (unpaired) electrons. The standard InChI is InChI=1S/C25H18N2O7S/c1-35-21-11-10-15(14-20(21)27(32)33)22(28)16-6-2-5-9-19(16)25(31)34-13-12-26-23(29)17-7-3-4-8-18(17)24(26)30/h2-11,14H,12-13H2,1H3. The molecule has 1 aliphatic rings. The fourth-order valence-electron chi connectivity index (χ4n) is 3.74. The number of carbonyl (C=O) groups excluding carboxylic acids is 4. The van der Waals surface area contributed by atoms with Crippen molar-refractivity contribution >= 4 is 41.0 Å². The summed E-state index contributed by atoms with van der Waals surface area (Å²) in [6.45, 7) is -0.405. The van der Waals surface area contributed by atoms with Gasteiger partial charge >= 0.3 is 5.97 Å². The summed E-state index contributed by atoms with van der Waals surface area (Å²) in [6, 6.07) is 16.5. The van der Waals surface area contributed by atoms with Crippen molar-refractivity contribution in [3.8, 4) is 0 Å². The third-order valence-electron chi connectivity index (χ3n) is 5.46. The first kappa shape index (κ1) is 23.8. The van der Waals surface area contributed by atoms with Crippen LogP contribution in [0.3, 0.4) is 0 Å². The van der Waals surface area contributed by atoms with Gasteiger partial charge in [-0.1, -0.05) is 30.3 Å². The molecule has 3 aromatic carbocycles. The molecule has 0 N–H and O–H groups in total. The van der Waals surface area contributed by atoms with Gasteiger partial charge in [0.05, 0.1) is 33.1 Å². The Morgan fingerprint density at radius 1 is 0.943 bits per heavy atom. The first-order chi connectivity index (χ1) is 16.8. The minimum absolute atomic E-state index is 0.0180. The van der Waals surface area contributed by atoms with Crippen LogP contribution < -0.4 is 0 Å². The molecule has 0 unspecified atom stereocenters. The first-order valence-corrected chi connectivity index (χ1v) is 11.6. The van der Waals surface area contributed by atoms with E-state index < -0.39 is 28.5 Å². The number of nitro benzene ring substituents is 1. The number of hydrogen-bond donors (Lipinski definition) is 0. The van der Waals surface area contributed by atoms with Crippen LogP contribution in [0.2, 0.25) is 0 Å². The van der Waals surface area contributed by atoms with E-state index in [2.05, 4.69) is 0 Å². The lowest BCUT2D eigenvalue weighted by Crippen LogP contribution is -2.33. The Kier molecular flexibility index (Phi) is 6.74. The molecule has 0 saturated heterocycles. The Balaban J connectivity index is 1.49. The lowest BCUT2D eigenvalue weighted by molar-refractivity contribution is -0.387. The Hall–Kier alpha value is -4.31. The molecule has 176 valence electrons. The number of ketones is 1. The van der Waals surface area contributed by atoms with Crippen LogP contribution in [-0.2, 0) is 4.74 Å². The fourth-order valence-corrected chi connectivity index (χ4v) is 4.28. The van der Waals surface area contributed by atoms with Gasteiger partial charge in [0.2, 0.25) is 0 Å². The van der Waals surface area contributed by atoms with Gasteiger partial charge in [-0.25, -0.2) is 4.79 Å². The quantitative estimate of drug-likeness (QED) is 0.116. The van der Waals surface area contributed by atoms with Crippen LogP contribution in [0.15, 0.2) is 71.6 Å². The maximum absolute atomic E-state index is 13.1. The molecule has 0 aliphatic carbocycles. The molecule has 0 aromatic heterocycles. The van der Waals surface area contributed by atoms with Gasteiger partial charge in [0.15, 0.2) is 5.78 Å². The van der Waals surface area contributed by atoms with E-state index in [9.17, 15) is 29.3 Å². The van der Waals surface area contributed by atoms with Crippen LogP contribution in [0.5, 0.6) is 0 Å². The third kappa shape index (κ3) is 4.56. The molecule has 4 rings (SSSR count). The second-order valence-corrected chi connectivity index (χ2v) is 8.31. The lowest BCUT2D eigenvalue weighted by atomic mass is 9.98. The van der Waals surface area contributed by atoms with Gasteiger partial charge in [-0.3, -0.25) is 29.4 Å². The largest absolute Gasteiger partial charge is 0.460 e. The summed E-state index contributed by atoms with van der Waals surface area (Å²) in [6.07, 6.45) is 1.69. The van der Waals surface area contributed by atoms with Crippen molar-refractivity contribution < 1.29 is 28.8 Å². The van der Waals surface area contributed by atoms with Crippen LogP contribution in [0.25, 0.3) is 0 Å². The van der Waals surface area contributed by atoms with E-state index in [0.717, 1.165) is 4.90 Å². The average molecular weight is 490 g/mol.